The highest BCUT2D eigenvalue weighted by Gasteiger charge is 1.83. The normalized spacial score (nSPS) is 11.4. The first kappa shape index (κ1) is 10.9. The van der Waals surface area contributed by atoms with Gasteiger partial charge in [-0.15, -0.1) is 5.70 Å². The summed E-state index contributed by atoms with van der Waals surface area (Å²) >= 11 is 0. The largest absolute Gasteiger partial charge is 0.305 e. The van der Waals surface area contributed by atoms with Crippen LogP contribution in [-0.2, 0) is 0 Å². The van der Waals surface area contributed by atoms with Gasteiger partial charge in [0.2, 0.25) is 0 Å². The smallest absolute Gasteiger partial charge is 0.0454 e. The minimum atomic E-state index is 0.946. The van der Waals surface area contributed by atoms with Crippen LogP contribution < -0.4 is 10.6 Å². The predicted molar refractivity (Wildman–Crippen MR) is 54.9 cm³/mol. The van der Waals surface area contributed by atoms with Crippen LogP contribution in [0.25, 0.3) is 0 Å². The van der Waals surface area contributed by atoms with Crippen LogP contribution in [0.2, 0.25) is 0 Å². The van der Waals surface area contributed by atoms with Crippen molar-refractivity contribution in [1.29, 1.82) is 0 Å². The zero-order valence-corrected chi connectivity index (χ0v) is 9.69. The Kier molecular flexibility index (Phi) is 9.77. The number of unbranched alkanes of at least 4 members (excludes halogenated alkanes) is 1. The molecule has 0 aromatic rings. The first-order valence-electron chi connectivity index (χ1n) is 4.44. The minimum absolute atomic E-state index is 0.946. The number of rotatable bonds is 7. The molecule has 0 spiro atoms. The Morgan fingerprint density at radius 2 is 2.18 bits per heavy atom. The highest BCUT2D eigenvalue weighted by atomic mass is 28.1. The molecular weight excluding hydrogens is 152 g/mol. The van der Waals surface area contributed by atoms with Crippen molar-refractivity contribution in [2.24, 2.45) is 0 Å². The summed E-state index contributed by atoms with van der Waals surface area (Å²) in [4.78, 5) is 0. The molecule has 0 aromatic heterocycles. The lowest BCUT2D eigenvalue weighted by molar-refractivity contribution is 0.584. The van der Waals surface area contributed by atoms with Crippen LogP contribution in [0.5, 0.6) is 0 Å². The van der Waals surface area contributed by atoms with Crippen molar-refractivity contribution in [2.75, 3.05) is 19.8 Å². The standard InChI is InChI=1S/C8H20N2Si/c1-2-9-8-10-6-4-3-5-7-11/h5,7,9-10H,2-4,6,8H2,1,11H3. The van der Waals surface area contributed by atoms with Crippen molar-refractivity contribution in [2.45, 2.75) is 19.8 Å². The van der Waals surface area contributed by atoms with Crippen LogP contribution in [0.4, 0.5) is 0 Å². The Bertz CT molecular complexity index is 94.1. The minimum Gasteiger partial charge on any atom is -0.305 e. The second kappa shape index (κ2) is 9.88. The third-order valence-electron chi connectivity index (χ3n) is 1.46. The van der Waals surface area contributed by atoms with E-state index >= 15 is 0 Å². The van der Waals surface area contributed by atoms with Gasteiger partial charge in [0, 0.05) is 16.9 Å². The molecule has 0 aromatic carbocycles. The van der Waals surface area contributed by atoms with Crippen LogP contribution in [-0.4, -0.2) is 30.0 Å². The molecular formula is C8H20N2Si. The van der Waals surface area contributed by atoms with Crippen molar-refractivity contribution in [1.82, 2.24) is 10.6 Å². The van der Waals surface area contributed by atoms with E-state index in [1.54, 1.807) is 0 Å². The molecule has 0 radical (unpaired) electrons. The van der Waals surface area contributed by atoms with E-state index < -0.39 is 0 Å². The van der Waals surface area contributed by atoms with Crippen molar-refractivity contribution < 1.29 is 0 Å². The maximum atomic E-state index is 3.31. The molecule has 2 N–H and O–H groups in total. The second-order valence-electron chi connectivity index (χ2n) is 2.49. The lowest BCUT2D eigenvalue weighted by Crippen LogP contribution is -2.29. The monoisotopic (exact) mass is 172 g/mol. The van der Waals surface area contributed by atoms with Crippen LogP contribution in [0, 0.1) is 0 Å². The zero-order valence-electron chi connectivity index (χ0n) is 7.69. The summed E-state index contributed by atoms with van der Waals surface area (Å²) in [7, 11) is 1.20. The van der Waals surface area contributed by atoms with Crippen LogP contribution in [0.3, 0.4) is 0 Å². The SMILES string of the molecule is CCNCNCCCC=C[SiH3]. The van der Waals surface area contributed by atoms with E-state index in [1.807, 2.05) is 0 Å². The van der Waals surface area contributed by atoms with Crippen molar-refractivity contribution in [3.63, 3.8) is 0 Å². The summed E-state index contributed by atoms with van der Waals surface area (Å²) in [5.74, 6) is 0. The van der Waals surface area contributed by atoms with Gasteiger partial charge in [0.1, 0.15) is 0 Å². The molecule has 0 heterocycles. The first-order chi connectivity index (χ1) is 5.41. The van der Waals surface area contributed by atoms with E-state index in [2.05, 4.69) is 29.3 Å². The van der Waals surface area contributed by atoms with E-state index in [4.69, 9.17) is 0 Å². The van der Waals surface area contributed by atoms with Gasteiger partial charge in [-0.2, -0.15) is 0 Å². The maximum Gasteiger partial charge on any atom is 0.0454 e. The van der Waals surface area contributed by atoms with Gasteiger partial charge in [-0.05, 0) is 25.9 Å². The van der Waals surface area contributed by atoms with Gasteiger partial charge >= 0.3 is 0 Å². The highest BCUT2D eigenvalue weighted by molar-refractivity contribution is 6.16. The van der Waals surface area contributed by atoms with Gasteiger partial charge in [-0.25, -0.2) is 0 Å². The summed E-state index contributed by atoms with van der Waals surface area (Å²) in [5, 5.41) is 6.53. The number of nitrogens with one attached hydrogen (secondary N) is 2. The molecule has 0 bridgehead atoms. The van der Waals surface area contributed by atoms with E-state index in [9.17, 15) is 0 Å². The molecule has 11 heavy (non-hydrogen) atoms. The summed E-state index contributed by atoms with van der Waals surface area (Å²) < 4.78 is 0. The molecule has 0 atom stereocenters. The van der Waals surface area contributed by atoms with Crippen LogP contribution in [0.15, 0.2) is 11.8 Å². The topological polar surface area (TPSA) is 24.1 Å². The third kappa shape index (κ3) is 9.88. The Balaban J connectivity index is 2.79. The van der Waals surface area contributed by atoms with Gasteiger partial charge in [0.15, 0.2) is 0 Å². The molecule has 0 aliphatic rings. The summed E-state index contributed by atoms with van der Waals surface area (Å²) in [6.45, 7) is 5.24. The lowest BCUT2D eigenvalue weighted by Gasteiger charge is -2.02. The van der Waals surface area contributed by atoms with Crippen LogP contribution in [0.1, 0.15) is 19.8 Å². The Morgan fingerprint density at radius 1 is 1.36 bits per heavy atom. The molecule has 0 saturated carbocycles. The summed E-state index contributed by atoms with van der Waals surface area (Å²) in [5.41, 5.74) is 2.24. The molecule has 0 aliphatic heterocycles. The fourth-order valence-corrected chi connectivity index (χ4v) is 1.15. The highest BCUT2D eigenvalue weighted by Crippen LogP contribution is 1.86. The number of hydrogen-bond acceptors (Lipinski definition) is 2. The Labute approximate surface area is 72.9 Å². The average molecular weight is 172 g/mol. The fraction of sp³-hybridized carbons (Fsp3) is 0.750. The van der Waals surface area contributed by atoms with E-state index in [0.29, 0.717) is 0 Å². The van der Waals surface area contributed by atoms with E-state index in [0.717, 1.165) is 19.8 Å². The van der Waals surface area contributed by atoms with Gasteiger partial charge in [-0.1, -0.05) is 13.0 Å². The van der Waals surface area contributed by atoms with E-state index in [-0.39, 0.29) is 0 Å². The molecule has 0 amide bonds. The van der Waals surface area contributed by atoms with Crippen molar-refractivity contribution >= 4 is 10.2 Å². The summed E-state index contributed by atoms with van der Waals surface area (Å²) in [6, 6.07) is 0. The van der Waals surface area contributed by atoms with Crippen LogP contribution >= 0.6 is 0 Å². The molecule has 0 saturated heterocycles. The van der Waals surface area contributed by atoms with Gasteiger partial charge in [0.05, 0.1) is 0 Å². The third-order valence-corrected chi connectivity index (χ3v) is 1.93. The average Bonchev–Trinajstić information content (AvgIpc) is 2.03. The molecule has 66 valence electrons. The second-order valence-corrected chi connectivity index (χ2v) is 3.16. The van der Waals surface area contributed by atoms with E-state index in [1.165, 1.54) is 23.1 Å². The Hall–Kier alpha value is -0.123. The molecule has 0 unspecified atom stereocenters. The van der Waals surface area contributed by atoms with Gasteiger partial charge < -0.3 is 10.6 Å². The number of hydrogen-bond donors (Lipinski definition) is 2. The van der Waals surface area contributed by atoms with Gasteiger partial charge in [-0.3, -0.25) is 0 Å². The maximum absolute atomic E-state index is 3.31. The van der Waals surface area contributed by atoms with Gasteiger partial charge in [0.25, 0.3) is 0 Å². The quantitative estimate of drug-likeness (QED) is 0.316. The van der Waals surface area contributed by atoms with Crippen molar-refractivity contribution in [3.8, 4) is 0 Å². The molecule has 0 aliphatic carbocycles. The molecule has 0 fully saturated rings. The Morgan fingerprint density at radius 3 is 2.82 bits per heavy atom. The molecule has 0 rings (SSSR count). The van der Waals surface area contributed by atoms with Crippen molar-refractivity contribution in [3.05, 3.63) is 11.8 Å². The summed E-state index contributed by atoms with van der Waals surface area (Å²) in [6.07, 6.45) is 4.74. The fourth-order valence-electron chi connectivity index (χ4n) is 0.813. The number of allylic oxidation sites excluding steroid dienone is 1. The predicted octanol–water partition coefficient (Wildman–Crippen LogP) is -0.198. The molecule has 3 heteroatoms. The first-order valence-corrected chi connectivity index (χ1v) is 5.59. The zero-order chi connectivity index (χ0) is 8.36. The molecule has 2 nitrogen and oxygen atoms in total. The lowest BCUT2D eigenvalue weighted by atomic mass is 10.3.